The zero-order chi connectivity index (χ0) is 22.6. The summed E-state index contributed by atoms with van der Waals surface area (Å²) in [5, 5.41) is 5.68. The lowest BCUT2D eigenvalue weighted by Gasteiger charge is -2.19. The minimum absolute atomic E-state index is 0.104. The third-order valence-electron chi connectivity index (χ3n) is 5.39. The number of nitrogens with two attached hydrogens (primary N) is 1. The van der Waals surface area contributed by atoms with E-state index >= 15 is 0 Å². The van der Waals surface area contributed by atoms with Gasteiger partial charge in [0.2, 0.25) is 23.6 Å². The molecule has 1 aliphatic heterocycles. The Bertz CT molecular complexity index is 753. The fourth-order valence-corrected chi connectivity index (χ4v) is 3.59. The van der Waals surface area contributed by atoms with Crippen molar-refractivity contribution in [1.29, 1.82) is 0 Å². The Hall–Kier alpha value is -2.74. The fourth-order valence-electron chi connectivity index (χ4n) is 3.59. The zero-order valence-electron chi connectivity index (χ0n) is 18.3. The van der Waals surface area contributed by atoms with Crippen molar-refractivity contribution in [2.75, 3.05) is 18.4 Å². The van der Waals surface area contributed by atoms with Crippen molar-refractivity contribution in [3.63, 3.8) is 0 Å². The molecule has 0 bridgehead atoms. The first-order chi connectivity index (χ1) is 14.9. The molecule has 2 rings (SSSR count). The van der Waals surface area contributed by atoms with Crippen LogP contribution in [-0.2, 0) is 19.2 Å². The Morgan fingerprint density at radius 1 is 1.10 bits per heavy atom. The molecule has 1 aliphatic rings. The second-order valence-corrected chi connectivity index (χ2v) is 8.06. The van der Waals surface area contributed by atoms with Crippen molar-refractivity contribution in [2.24, 2.45) is 11.7 Å². The number of benzene rings is 1. The van der Waals surface area contributed by atoms with Gasteiger partial charge in [0.15, 0.2) is 0 Å². The molecule has 4 N–H and O–H groups in total. The van der Waals surface area contributed by atoms with Crippen LogP contribution in [0.15, 0.2) is 30.3 Å². The normalized spacial score (nSPS) is 17.0. The van der Waals surface area contributed by atoms with E-state index in [1.807, 2.05) is 18.2 Å². The number of carbonyl (C=O) groups excluding carboxylic acids is 4. The molecule has 4 amide bonds. The van der Waals surface area contributed by atoms with Crippen molar-refractivity contribution < 1.29 is 19.2 Å². The number of hydrogen-bond acceptors (Lipinski definition) is 5. The van der Waals surface area contributed by atoms with Crippen LogP contribution in [-0.4, -0.2) is 47.7 Å². The quantitative estimate of drug-likeness (QED) is 0.327. The van der Waals surface area contributed by atoms with E-state index in [0.29, 0.717) is 44.5 Å². The number of rotatable bonds is 13. The largest absolute Gasteiger partial charge is 0.344 e. The first-order valence-electron chi connectivity index (χ1n) is 11.1. The van der Waals surface area contributed by atoms with Crippen molar-refractivity contribution in [2.45, 2.75) is 64.3 Å². The highest BCUT2D eigenvalue weighted by Crippen LogP contribution is 2.19. The maximum Gasteiger partial charge on any atom is 0.246 e. The molecule has 170 valence electrons. The van der Waals surface area contributed by atoms with E-state index in [1.165, 1.54) is 4.90 Å². The summed E-state index contributed by atoms with van der Waals surface area (Å²) in [5.41, 5.74) is 6.23. The van der Waals surface area contributed by atoms with E-state index < -0.39 is 6.04 Å². The van der Waals surface area contributed by atoms with E-state index in [4.69, 9.17) is 5.73 Å². The summed E-state index contributed by atoms with van der Waals surface area (Å²) in [6, 6.07) is 8.52. The molecule has 1 saturated heterocycles. The third kappa shape index (κ3) is 8.13. The number of hydrogen-bond donors (Lipinski definition) is 3. The van der Waals surface area contributed by atoms with Crippen LogP contribution < -0.4 is 16.4 Å². The molecule has 1 aromatic rings. The van der Waals surface area contributed by atoms with Gasteiger partial charge in [-0.3, -0.25) is 24.1 Å². The number of likely N-dealkylation sites (tertiary alicyclic amines) is 1. The van der Waals surface area contributed by atoms with E-state index in [9.17, 15) is 19.2 Å². The van der Waals surface area contributed by atoms with Crippen molar-refractivity contribution >= 4 is 29.3 Å². The predicted molar refractivity (Wildman–Crippen MR) is 119 cm³/mol. The number of anilines is 1. The van der Waals surface area contributed by atoms with Crippen LogP contribution in [0.25, 0.3) is 0 Å². The molecule has 8 nitrogen and oxygen atoms in total. The Balaban J connectivity index is 1.74. The van der Waals surface area contributed by atoms with Crippen LogP contribution in [0.3, 0.4) is 0 Å². The van der Waals surface area contributed by atoms with Gasteiger partial charge in [-0.25, -0.2) is 0 Å². The highest BCUT2D eigenvalue weighted by Gasteiger charge is 2.34. The van der Waals surface area contributed by atoms with Gasteiger partial charge in [-0.15, -0.1) is 0 Å². The van der Waals surface area contributed by atoms with Crippen LogP contribution in [0.4, 0.5) is 5.69 Å². The number of amides is 4. The van der Waals surface area contributed by atoms with Gasteiger partial charge >= 0.3 is 0 Å². The monoisotopic (exact) mass is 430 g/mol. The minimum atomic E-state index is -0.611. The number of carbonyl (C=O) groups is 4. The Morgan fingerprint density at radius 2 is 1.84 bits per heavy atom. The van der Waals surface area contributed by atoms with Gasteiger partial charge in [-0.05, 0) is 50.8 Å². The second kappa shape index (κ2) is 12.8. The van der Waals surface area contributed by atoms with Crippen LogP contribution in [0.1, 0.15) is 58.3 Å². The molecule has 0 aliphatic carbocycles. The lowest BCUT2D eigenvalue weighted by molar-refractivity contribution is -0.139. The number of nitrogens with zero attached hydrogens (tertiary/aromatic N) is 1. The molecule has 0 aromatic heterocycles. The zero-order valence-corrected chi connectivity index (χ0v) is 18.3. The molecule has 8 heteroatoms. The molecule has 2 atom stereocenters. The van der Waals surface area contributed by atoms with Gasteiger partial charge in [-0.2, -0.15) is 0 Å². The number of nitrogens with one attached hydrogen (secondary N) is 2. The summed E-state index contributed by atoms with van der Waals surface area (Å²) in [7, 11) is 0. The summed E-state index contributed by atoms with van der Waals surface area (Å²) >= 11 is 0. The predicted octanol–water partition coefficient (Wildman–Crippen LogP) is 2.19. The molecular formula is C23H34N4O4. The Kier molecular flexibility index (Phi) is 10.2. The molecule has 1 fully saturated rings. The maximum absolute atomic E-state index is 12.6. The molecule has 31 heavy (non-hydrogen) atoms. The van der Waals surface area contributed by atoms with Gasteiger partial charge in [-0.1, -0.05) is 31.5 Å². The highest BCUT2D eigenvalue weighted by molar-refractivity contribution is 6.03. The smallest absolute Gasteiger partial charge is 0.246 e. The number of para-hydroxylation sites is 1. The molecule has 0 radical (unpaired) electrons. The number of unbranched alkanes of at least 4 members (excludes halogenated alkanes) is 3. The minimum Gasteiger partial charge on any atom is -0.344 e. The van der Waals surface area contributed by atoms with E-state index in [0.717, 1.165) is 19.3 Å². The van der Waals surface area contributed by atoms with Crippen LogP contribution in [0, 0.1) is 5.92 Å². The van der Waals surface area contributed by atoms with Gasteiger partial charge < -0.3 is 16.4 Å². The topological polar surface area (TPSA) is 122 Å². The first-order valence-corrected chi connectivity index (χ1v) is 11.1. The average molecular weight is 431 g/mol. The Morgan fingerprint density at radius 3 is 2.48 bits per heavy atom. The van der Waals surface area contributed by atoms with Crippen LogP contribution in [0.2, 0.25) is 0 Å². The van der Waals surface area contributed by atoms with E-state index in [1.54, 1.807) is 19.1 Å². The SMILES string of the molecule is CC1CC(=O)N(CCCCCC(=O)N[C@@H](CCCCN)C(=O)Nc2ccccc2)C1=O. The van der Waals surface area contributed by atoms with Crippen molar-refractivity contribution in [1.82, 2.24) is 10.2 Å². The lowest BCUT2D eigenvalue weighted by Crippen LogP contribution is -2.43. The Labute approximate surface area is 183 Å². The molecule has 1 unspecified atom stereocenters. The van der Waals surface area contributed by atoms with Crippen molar-refractivity contribution in [3.8, 4) is 0 Å². The average Bonchev–Trinajstić information content (AvgIpc) is 2.99. The summed E-state index contributed by atoms with van der Waals surface area (Å²) in [6.45, 7) is 2.72. The van der Waals surface area contributed by atoms with Gasteiger partial charge in [0.1, 0.15) is 6.04 Å². The molecule has 0 saturated carbocycles. The van der Waals surface area contributed by atoms with Gasteiger partial charge in [0.25, 0.3) is 0 Å². The van der Waals surface area contributed by atoms with Crippen LogP contribution in [0.5, 0.6) is 0 Å². The van der Waals surface area contributed by atoms with Gasteiger partial charge in [0, 0.05) is 31.0 Å². The third-order valence-corrected chi connectivity index (χ3v) is 5.39. The summed E-state index contributed by atoms with van der Waals surface area (Å²) in [4.78, 5) is 50.0. The lowest BCUT2D eigenvalue weighted by atomic mass is 10.1. The second-order valence-electron chi connectivity index (χ2n) is 8.06. The van der Waals surface area contributed by atoms with Crippen molar-refractivity contribution in [3.05, 3.63) is 30.3 Å². The molecule has 1 heterocycles. The first kappa shape index (κ1) is 24.5. The maximum atomic E-state index is 12.6. The van der Waals surface area contributed by atoms with Crippen LogP contribution >= 0.6 is 0 Å². The molecule has 1 aromatic carbocycles. The molecule has 0 spiro atoms. The van der Waals surface area contributed by atoms with E-state index in [2.05, 4.69) is 10.6 Å². The number of imide groups is 1. The van der Waals surface area contributed by atoms with E-state index in [-0.39, 0.29) is 36.0 Å². The van der Waals surface area contributed by atoms with Gasteiger partial charge in [0.05, 0.1) is 0 Å². The summed E-state index contributed by atoms with van der Waals surface area (Å²) < 4.78 is 0. The molecular weight excluding hydrogens is 396 g/mol. The summed E-state index contributed by atoms with van der Waals surface area (Å²) in [6.07, 6.45) is 4.69. The standard InChI is InChI=1S/C23H34N4O4/c1-17-16-21(29)27(23(17)31)15-9-3-6-13-20(28)26-19(12-7-8-14-24)22(30)25-18-10-4-2-5-11-18/h2,4-5,10-11,17,19H,3,6-9,12-16,24H2,1H3,(H,25,30)(H,26,28)/t17?,19-/m0/s1. The summed E-state index contributed by atoms with van der Waals surface area (Å²) in [5.74, 6) is -0.858. The highest BCUT2D eigenvalue weighted by atomic mass is 16.2. The fraction of sp³-hybridized carbons (Fsp3) is 0.565.